The highest BCUT2D eigenvalue weighted by molar-refractivity contribution is 8.67. The molecule has 2 aliphatic heterocycles. The second kappa shape index (κ2) is 9.02. The summed E-state index contributed by atoms with van der Waals surface area (Å²) in [6, 6.07) is 8.10. The first-order chi connectivity index (χ1) is 13.0. The smallest absolute Gasteiger partial charge is 0.321 e. The molecule has 0 radical (unpaired) electrons. The van der Waals surface area contributed by atoms with Crippen molar-refractivity contribution in [3.8, 4) is 0 Å². The van der Waals surface area contributed by atoms with Crippen molar-refractivity contribution in [1.82, 2.24) is 0 Å². The third-order valence-electron chi connectivity index (χ3n) is 4.33. The predicted octanol–water partition coefficient (Wildman–Crippen LogP) is 6.63. The van der Waals surface area contributed by atoms with E-state index in [0.29, 0.717) is 37.9 Å². The van der Waals surface area contributed by atoms with Gasteiger partial charge in [-0.15, -0.1) is 0 Å². The molecule has 5 nitrogen and oxygen atoms in total. The lowest BCUT2D eigenvalue weighted by atomic mass is 9.97. The SMILES string of the molecule is CC1(C)COP(=O)(SCc2ccccc2CSP2(=S)OCC(C)(C)CO2)OC1. The monoisotopic (exact) mass is 482 g/mol. The van der Waals surface area contributed by atoms with Crippen LogP contribution in [-0.4, -0.2) is 26.4 Å². The van der Waals surface area contributed by atoms with Crippen LogP contribution >= 0.6 is 35.3 Å². The van der Waals surface area contributed by atoms with Crippen LogP contribution < -0.4 is 0 Å². The Kier molecular flexibility index (Phi) is 7.51. The van der Waals surface area contributed by atoms with Crippen LogP contribution in [0.1, 0.15) is 38.8 Å². The summed E-state index contributed by atoms with van der Waals surface area (Å²) < 4.78 is 35.8. The Morgan fingerprint density at radius 3 is 1.79 bits per heavy atom. The van der Waals surface area contributed by atoms with Gasteiger partial charge >= 0.3 is 6.80 Å². The lowest BCUT2D eigenvalue weighted by Gasteiger charge is -2.35. The van der Waals surface area contributed by atoms with Crippen molar-refractivity contribution in [3.63, 3.8) is 0 Å². The molecule has 1 aromatic rings. The van der Waals surface area contributed by atoms with E-state index in [-0.39, 0.29) is 10.8 Å². The Morgan fingerprint density at radius 1 is 0.857 bits per heavy atom. The van der Waals surface area contributed by atoms with Crippen LogP contribution in [-0.2, 0) is 46.0 Å². The number of hydrogen-bond acceptors (Lipinski definition) is 8. The fourth-order valence-corrected chi connectivity index (χ4v) is 10.2. The Labute approximate surface area is 181 Å². The van der Waals surface area contributed by atoms with E-state index >= 15 is 0 Å². The summed E-state index contributed by atoms with van der Waals surface area (Å²) in [5, 5.41) is 0. The molecule has 0 bridgehead atoms. The minimum atomic E-state index is -3.11. The summed E-state index contributed by atoms with van der Waals surface area (Å²) in [6.45, 7) is 7.35. The Bertz CT molecular complexity index is 706. The summed E-state index contributed by atoms with van der Waals surface area (Å²) in [6.07, 6.45) is 0. The van der Waals surface area contributed by atoms with Crippen molar-refractivity contribution in [2.75, 3.05) is 26.4 Å². The first-order valence-corrected chi connectivity index (χ1v) is 16.5. The Hall–Kier alpha value is 0.640. The van der Waals surface area contributed by atoms with E-state index in [4.69, 9.17) is 29.9 Å². The summed E-state index contributed by atoms with van der Waals surface area (Å²) in [7, 11) is 0. The van der Waals surface area contributed by atoms with E-state index in [0.717, 1.165) is 11.1 Å². The van der Waals surface area contributed by atoms with Crippen molar-refractivity contribution < 1.29 is 22.7 Å². The maximum Gasteiger partial charge on any atom is 0.389 e. The zero-order valence-electron chi connectivity index (χ0n) is 16.7. The fourth-order valence-electron chi connectivity index (χ4n) is 2.46. The molecule has 2 saturated heterocycles. The standard InChI is InChI=1S/C18H28O5P2S3/c1-17(2)11-20-24(19,21-12-17)27-9-15-7-5-6-8-16(15)10-28-25(26)22-13-18(3,4)14-23-25/h5-8H,9-14H2,1-4H3. The van der Waals surface area contributed by atoms with Crippen LogP contribution in [0.4, 0.5) is 0 Å². The van der Waals surface area contributed by atoms with Gasteiger partial charge in [-0.05, 0) is 34.3 Å². The molecule has 28 heavy (non-hydrogen) atoms. The normalized spacial score (nSPS) is 25.3. The van der Waals surface area contributed by atoms with Crippen LogP contribution in [0.3, 0.4) is 0 Å². The minimum Gasteiger partial charge on any atom is -0.321 e. The third kappa shape index (κ3) is 6.57. The van der Waals surface area contributed by atoms with Gasteiger partial charge in [0.2, 0.25) is 5.69 Å². The molecule has 2 fully saturated rings. The van der Waals surface area contributed by atoms with Crippen molar-refractivity contribution in [3.05, 3.63) is 35.4 Å². The highest BCUT2D eigenvalue weighted by Gasteiger charge is 2.37. The molecule has 1 aromatic carbocycles. The maximum atomic E-state index is 12.8. The van der Waals surface area contributed by atoms with E-state index in [9.17, 15) is 4.57 Å². The van der Waals surface area contributed by atoms with Crippen LogP contribution in [0.25, 0.3) is 0 Å². The fraction of sp³-hybridized carbons (Fsp3) is 0.667. The van der Waals surface area contributed by atoms with Crippen molar-refractivity contribution in [2.24, 2.45) is 10.8 Å². The average molecular weight is 483 g/mol. The van der Waals surface area contributed by atoms with Gasteiger partial charge in [-0.25, -0.2) is 4.57 Å². The summed E-state index contributed by atoms with van der Waals surface area (Å²) >= 11 is 8.46. The predicted molar refractivity (Wildman–Crippen MR) is 122 cm³/mol. The number of hydrogen-bond donors (Lipinski definition) is 0. The van der Waals surface area contributed by atoms with Crippen LogP contribution in [0.2, 0.25) is 0 Å². The van der Waals surface area contributed by atoms with E-state index in [1.165, 1.54) is 11.4 Å². The van der Waals surface area contributed by atoms with Gasteiger partial charge in [0.05, 0.1) is 26.4 Å². The van der Waals surface area contributed by atoms with E-state index < -0.39 is 12.5 Å². The van der Waals surface area contributed by atoms with E-state index in [2.05, 4.69) is 19.9 Å². The Balaban J connectivity index is 1.58. The molecule has 0 N–H and O–H groups in total. The summed E-state index contributed by atoms with van der Waals surface area (Å²) in [5.41, 5.74) is -0.152. The molecule has 2 heterocycles. The molecule has 0 saturated carbocycles. The van der Waals surface area contributed by atoms with Crippen molar-refractivity contribution in [2.45, 2.75) is 39.2 Å². The van der Waals surface area contributed by atoms with Crippen molar-refractivity contribution in [1.29, 1.82) is 0 Å². The zero-order valence-corrected chi connectivity index (χ0v) is 21.0. The van der Waals surface area contributed by atoms with Crippen LogP contribution in [0.5, 0.6) is 0 Å². The average Bonchev–Trinajstić information content (AvgIpc) is 2.65. The summed E-state index contributed by atoms with van der Waals surface area (Å²) in [5.74, 6) is 1.26. The van der Waals surface area contributed by atoms with E-state index in [1.54, 1.807) is 11.4 Å². The Morgan fingerprint density at radius 2 is 1.29 bits per heavy atom. The van der Waals surface area contributed by atoms with Crippen molar-refractivity contribution >= 4 is 47.1 Å². The molecule has 3 rings (SSSR count). The van der Waals surface area contributed by atoms with Gasteiger partial charge < -0.3 is 18.1 Å². The largest absolute Gasteiger partial charge is 0.389 e. The molecule has 0 aromatic heterocycles. The van der Waals surface area contributed by atoms with Gasteiger partial charge in [-0.2, -0.15) is 0 Å². The van der Waals surface area contributed by atoms with Crippen LogP contribution in [0.15, 0.2) is 24.3 Å². The van der Waals surface area contributed by atoms with Gasteiger partial charge in [0.1, 0.15) is 0 Å². The second-order valence-corrected chi connectivity index (χ2v) is 19.0. The minimum absolute atomic E-state index is 0.0120. The van der Waals surface area contributed by atoms with Gasteiger partial charge in [0.15, 0.2) is 0 Å². The third-order valence-corrected chi connectivity index (χ3v) is 13.1. The molecule has 2 aliphatic rings. The van der Waals surface area contributed by atoms with Crippen LogP contribution in [0, 0.1) is 10.8 Å². The first kappa shape index (κ1) is 23.3. The molecule has 0 spiro atoms. The number of benzene rings is 1. The lowest BCUT2D eigenvalue weighted by molar-refractivity contribution is 0.0501. The highest BCUT2D eigenvalue weighted by atomic mass is 32.9. The summed E-state index contributed by atoms with van der Waals surface area (Å²) in [4.78, 5) is 0. The first-order valence-electron chi connectivity index (χ1n) is 9.14. The highest BCUT2D eigenvalue weighted by Crippen LogP contribution is 2.66. The maximum absolute atomic E-state index is 12.8. The molecule has 10 heteroatoms. The lowest BCUT2D eigenvalue weighted by Crippen LogP contribution is -2.28. The molecule has 0 unspecified atom stereocenters. The molecule has 0 atom stereocenters. The quantitative estimate of drug-likeness (QED) is 0.419. The molecule has 0 aliphatic carbocycles. The van der Waals surface area contributed by atoms with Gasteiger partial charge in [-0.3, -0.25) is 0 Å². The molecule has 158 valence electrons. The number of rotatable bonds is 6. The molecule has 0 amide bonds. The van der Waals surface area contributed by atoms with Gasteiger partial charge in [0.25, 0.3) is 0 Å². The van der Waals surface area contributed by atoms with E-state index in [1.807, 2.05) is 32.0 Å². The van der Waals surface area contributed by atoms with Gasteiger partial charge in [0, 0.05) is 22.3 Å². The van der Waals surface area contributed by atoms with Gasteiger partial charge in [-0.1, -0.05) is 63.3 Å². The molecular formula is C18H28O5P2S3. The molecular weight excluding hydrogens is 454 g/mol. The zero-order chi connectivity index (χ0) is 20.5. The topological polar surface area (TPSA) is 54.0 Å². The second-order valence-electron chi connectivity index (χ2n) is 8.63.